The first-order chi connectivity index (χ1) is 10.7. The number of nitrogens with zero attached hydrogens (tertiary/aromatic N) is 1. The van der Waals surface area contributed by atoms with Crippen LogP contribution in [0.15, 0.2) is 48.5 Å². The van der Waals surface area contributed by atoms with Crippen LogP contribution < -0.4 is 4.90 Å². The average Bonchev–Trinajstić information content (AvgIpc) is 2.48. The molecule has 2 aromatic rings. The fourth-order valence-corrected chi connectivity index (χ4v) is 2.40. The lowest BCUT2D eigenvalue weighted by atomic mass is 10.1. The largest absolute Gasteiger partial charge is 0.416 e. The number of carbonyl (C=O) groups is 1. The summed E-state index contributed by atoms with van der Waals surface area (Å²) in [6.45, 7) is 5.63. The number of carbonyl (C=O) groups excluding carboxylic acids is 1. The first-order valence-electron chi connectivity index (χ1n) is 7.28. The second-order valence-corrected chi connectivity index (χ2v) is 5.63. The smallest absolute Gasteiger partial charge is 0.306 e. The Kier molecular flexibility index (Phi) is 4.78. The highest BCUT2D eigenvalue weighted by molar-refractivity contribution is 6.06. The molecule has 2 nitrogen and oxygen atoms in total. The van der Waals surface area contributed by atoms with Crippen LogP contribution in [0.1, 0.15) is 35.3 Å². The molecule has 5 heteroatoms. The highest BCUT2D eigenvalue weighted by Crippen LogP contribution is 2.30. The number of rotatable bonds is 3. The van der Waals surface area contributed by atoms with E-state index in [0.29, 0.717) is 0 Å². The van der Waals surface area contributed by atoms with Crippen LogP contribution in [0.3, 0.4) is 0 Å². The summed E-state index contributed by atoms with van der Waals surface area (Å²) in [5.41, 5.74) is 1.16. The molecule has 0 aliphatic heterocycles. The van der Waals surface area contributed by atoms with Gasteiger partial charge in [-0.25, -0.2) is 0 Å². The molecule has 0 bridgehead atoms. The predicted octanol–water partition coefficient (Wildman–Crippen LogP) is 5.07. The van der Waals surface area contributed by atoms with Gasteiger partial charge >= 0.3 is 6.18 Å². The predicted molar refractivity (Wildman–Crippen MR) is 84.6 cm³/mol. The first-order valence-corrected chi connectivity index (χ1v) is 7.28. The third-order valence-corrected chi connectivity index (χ3v) is 3.57. The summed E-state index contributed by atoms with van der Waals surface area (Å²) in [5, 5.41) is 0. The second-order valence-electron chi connectivity index (χ2n) is 5.63. The molecule has 23 heavy (non-hydrogen) atoms. The molecule has 0 aromatic heterocycles. The van der Waals surface area contributed by atoms with Crippen molar-refractivity contribution in [3.05, 3.63) is 65.2 Å². The van der Waals surface area contributed by atoms with Gasteiger partial charge in [-0.3, -0.25) is 4.79 Å². The maximum absolute atomic E-state index is 12.7. The van der Waals surface area contributed by atoms with Crippen LogP contribution in [0.5, 0.6) is 0 Å². The van der Waals surface area contributed by atoms with Gasteiger partial charge in [0.05, 0.1) is 5.56 Å². The van der Waals surface area contributed by atoms with Crippen molar-refractivity contribution >= 4 is 11.6 Å². The number of anilines is 1. The van der Waals surface area contributed by atoms with Gasteiger partial charge in [0.25, 0.3) is 5.91 Å². The van der Waals surface area contributed by atoms with E-state index in [1.165, 1.54) is 12.1 Å². The highest BCUT2D eigenvalue weighted by Gasteiger charge is 2.30. The van der Waals surface area contributed by atoms with Crippen molar-refractivity contribution in [2.75, 3.05) is 4.90 Å². The van der Waals surface area contributed by atoms with E-state index in [4.69, 9.17) is 0 Å². The van der Waals surface area contributed by atoms with Crippen LogP contribution in [-0.4, -0.2) is 11.9 Å². The van der Waals surface area contributed by atoms with E-state index in [1.54, 1.807) is 4.90 Å². The molecule has 0 aliphatic carbocycles. The molecule has 0 N–H and O–H groups in total. The Morgan fingerprint density at radius 3 is 2.04 bits per heavy atom. The van der Waals surface area contributed by atoms with E-state index < -0.39 is 11.7 Å². The Morgan fingerprint density at radius 2 is 1.57 bits per heavy atom. The van der Waals surface area contributed by atoms with Crippen LogP contribution in [0, 0.1) is 6.92 Å². The summed E-state index contributed by atoms with van der Waals surface area (Å²) in [6.07, 6.45) is -4.41. The van der Waals surface area contributed by atoms with Gasteiger partial charge in [0.1, 0.15) is 0 Å². The van der Waals surface area contributed by atoms with Gasteiger partial charge in [0.15, 0.2) is 0 Å². The molecule has 0 aliphatic rings. The van der Waals surface area contributed by atoms with E-state index in [1.807, 2.05) is 45.0 Å². The van der Waals surface area contributed by atoms with Crippen molar-refractivity contribution in [3.8, 4) is 0 Å². The summed E-state index contributed by atoms with van der Waals surface area (Å²) in [7, 11) is 0. The van der Waals surface area contributed by atoms with E-state index in [2.05, 4.69) is 0 Å². The van der Waals surface area contributed by atoms with Crippen molar-refractivity contribution in [1.82, 2.24) is 0 Å². The standard InChI is InChI=1S/C18H18F3NO/c1-12(2)22(16-7-5-4-6-13(16)3)17(23)14-8-10-15(11-9-14)18(19,20)21/h4-12H,1-3H3. The Hall–Kier alpha value is -2.30. The normalized spacial score (nSPS) is 11.6. The van der Waals surface area contributed by atoms with Crippen LogP contribution in [-0.2, 0) is 6.18 Å². The molecule has 0 atom stereocenters. The Bertz CT molecular complexity index is 690. The maximum Gasteiger partial charge on any atom is 0.416 e. The van der Waals surface area contributed by atoms with E-state index >= 15 is 0 Å². The van der Waals surface area contributed by atoms with Crippen molar-refractivity contribution in [2.45, 2.75) is 33.0 Å². The zero-order valence-corrected chi connectivity index (χ0v) is 13.2. The third-order valence-electron chi connectivity index (χ3n) is 3.57. The monoisotopic (exact) mass is 321 g/mol. The number of halogens is 3. The van der Waals surface area contributed by atoms with Gasteiger partial charge in [-0.05, 0) is 56.7 Å². The van der Waals surface area contributed by atoms with Crippen molar-refractivity contribution in [2.24, 2.45) is 0 Å². The van der Waals surface area contributed by atoms with E-state index in [0.717, 1.165) is 23.4 Å². The summed E-state index contributed by atoms with van der Waals surface area (Å²) >= 11 is 0. The first kappa shape index (κ1) is 17.1. The Balaban J connectivity index is 2.38. The molecule has 2 aromatic carbocycles. The fourth-order valence-electron chi connectivity index (χ4n) is 2.40. The zero-order valence-electron chi connectivity index (χ0n) is 13.2. The summed E-state index contributed by atoms with van der Waals surface area (Å²) in [6, 6.07) is 11.6. The quantitative estimate of drug-likeness (QED) is 0.773. The maximum atomic E-state index is 12.7. The summed E-state index contributed by atoms with van der Waals surface area (Å²) in [4.78, 5) is 14.3. The van der Waals surface area contributed by atoms with Crippen LogP contribution in [0.2, 0.25) is 0 Å². The third kappa shape index (κ3) is 3.73. The number of para-hydroxylation sites is 1. The molecule has 0 spiro atoms. The van der Waals surface area contributed by atoms with Gasteiger partial charge in [0, 0.05) is 17.3 Å². The number of amides is 1. The van der Waals surface area contributed by atoms with Gasteiger partial charge in [0.2, 0.25) is 0 Å². The number of hydrogen-bond donors (Lipinski definition) is 0. The second kappa shape index (κ2) is 6.44. The minimum absolute atomic E-state index is 0.120. The van der Waals surface area contributed by atoms with Crippen molar-refractivity contribution in [1.29, 1.82) is 0 Å². The van der Waals surface area contributed by atoms with Crippen LogP contribution in [0.25, 0.3) is 0 Å². The molecule has 0 heterocycles. The topological polar surface area (TPSA) is 20.3 Å². The lowest BCUT2D eigenvalue weighted by Crippen LogP contribution is -2.37. The van der Waals surface area contributed by atoms with Crippen molar-refractivity contribution in [3.63, 3.8) is 0 Å². The molecular weight excluding hydrogens is 303 g/mol. The summed E-state index contributed by atoms with van der Waals surface area (Å²) < 4.78 is 37.9. The van der Waals surface area contributed by atoms with Gasteiger partial charge in [-0.15, -0.1) is 0 Å². The lowest BCUT2D eigenvalue weighted by Gasteiger charge is -2.28. The van der Waals surface area contributed by atoms with Gasteiger partial charge in [-0.2, -0.15) is 13.2 Å². The fraction of sp³-hybridized carbons (Fsp3) is 0.278. The molecule has 2 rings (SSSR count). The average molecular weight is 321 g/mol. The van der Waals surface area contributed by atoms with E-state index in [9.17, 15) is 18.0 Å². The number of alkyl halides is 3. The van der Waals surface area contributed by atoms with Gasteiger partial charge in [-0.1, -0.05) is 18.2 Å². The minimum Gasteiger partial charge on any atom is -0.306 e. The molecular formula is C18H18F3NO. The van der Waals surface area contributed by atoms with Crippen LogP contribution >= 0.6 is 0 Å². The van der Waals surface area contributed by atoms with E-state index in [-0.39, 0.29) is 17.5 Å². The van der Waals surface area contributed by atoms with Crippen molar-refractivity contribution < 1.29 is 18.0 Å². The number of benzene rings is 2. The number of hydrogen-bond acceptors (Lipinski definition) is 1. The lowest BCUT2D eigenvalue weighted by molar-refractivity contribution is -0.137. The zero-order chi connectivity index (χ0) is 17.2. The summed E-state index contributed by atoms with van der Waals surface area (Å²) in [5.74, 6) is -0.317. The minimum atomic E-state index is -4.41. The molecule has 0 fully saturated rings. The molecule has 1 amide bonds. The molecule has 0 radical (unpaired) electrons. The molecule has 0 unspecified atom stereocenters. The Labute approximate surface area is 133 Å². The molecule has 122 valence electrons. The highest BCUT2D eigenvalue weighted by atomic mass is 19.4. The molecule has 0 saturated carbocycles. The van der Waals surface area contributed by atoms with Gasteiger partial charge < -0.3 is 4.90 Å². The molecule has 0 saturated heterocycles. The van der Waals surface area contributed by atoms with Crippen LogP contribution in [0.4, 0.5) is 18.9 Å². The number of aryl methyl sites for hydroxylation is 1. The Morgan fingerprint density at radius 1 is 1.00 bits per heavy atom. The SMILES string of the molecule is Cc1ccccc1N(C(=O)c1ccc(C(F)(F)F)cc1)C(C)C.